The molecule has 0 spiro atoms. The van der Waals surface area contributed by atoms with Crippen LogP contribution in [0.1, 0.15) is 18.1 Å². The number of aryl methyl sites for hydroxylation is 1. The van der Waals surface area contributed by atoms with Gasteiger partial charge in [0.15, 0.2) is 0 Å². The van der Waals surface area contributed by atoms with Crippen molar-refractivity contribution in [3.63, 3.8) is 0 Å². The van der Waals surface area contributed by atoms with Crippen molar-refractivity contribution in [3.8, 4) is 11.5 Å². The molecule has 3 nitrogen and oxygen atoms in total. The highest BCUT2D eigenvalue weighted by Crippen LogP contribution is 2.26. The van der Waals surface area contributed by atoms with Gasteiger partial charge in [-0.3, -0.25) is 0 Å². The molecule has 0 amide bonds. The minimum absolute atomic E-state index is 0.683. The van der Waals surface area contributed by atoms with Gasteiger partial charge in [0.05, 0.1) is 19.4 Å². The summed E-state index contributed by atoms with van der Waals surface area (Å²) in [5.41, 5.74) is 3.37. The van der Waals surface area contributed by atoms with Gasteiger partial charge < -0.3 is 14.8 Å². The Morgan fingerprint density at radius 3 is 2.70 bits per heavy atom. The fourth-order valence-corrected chi connectivity index (χ4v) is 2.05. The Balaban J connectivity index is 2.06. The fourth-order valence-electron chi connectivity index (χ4n) is 2.05. The molecule has 0 aliphatic rings. The first-order valence-corrected chi connectivity index (χ1v) is 6.83. The van der Waals surface area contributed by atoms with Crippen LogP contribution >= 0.6 is 0 Å². The highest BCUT2D eigenvalue weighted by atomic mass is 16.5. The van der Waals surface area contributed by atoms with Crippen molar-refractivity contribution in [2.75, 3.05) is 19.0 Å². The molecule has 0 bridgehead atoms. The summed E-state index contributed by atoms with van der Waals surface area (Å²) in [6, 6.07) is 14.3. The van der Waals surface area contributed by atoms with Crippen LogP contribution in [0.2, 0.25) is 0 Å². The fraction of sp³-hybridized carbons (Fsp3) is 0.294. The Morgan fingerprint density at radius 2 is 1.95 bits per heavy atom. The molecule has 2 rings (SSSR count). The van der Waals surface area contributed by atoms with Gasteiger partial charge in [0.2, 0.25) is 0 Å². The lowest BCUT2D eigenvalue weighted by Gasteiger charge is -2.12. The molecule has 20 heavy (non-hydrogen) atoms. The average molecular weight is 271 g/mol. The quantitative estimate of drug-likeness (QED) is 0.861. The molecule has 0 unspecified atom stereocenters. The molecule has 0 aliphatic carbocycles. The Hall–Kier alpha value is -2.16. The van der Waals surface area contributed by atoms with E-state index in [0.29, 0.717) is 6.61 Å². The first kappa shape index (κ1) is 14.3. The highest BCUT2D eigenvalue weighted by Gasteiger charge is 2.03. The molecule has 1 N–H and O–H groups in total. The smallest absolute Gasteiger partial charge is 0.142 e. The van der Waals surface area contributed by atoms with E-state index < -0.39 is 0 Å². The van der Waals surface area contributed by atoms with Gasteiger partial charge in [-0.2, -0.15) is 0 Å². The van der Waals surface area contributed by atoms with E-state index in [1.165, 1.54) is 11.1 Å². The summed E-state index contributed by atoms with van der Waals surface area (Å²) in [6.07, 6.45) is 0. The van der Waals surface area contributed by atoms with Gasteiger partial charge in [-0.15, -0.1) is 0 Å². The van der Waals surface area contributed by atoms with Gasteiger partial charge in [-0.25, -0.2) is 0 Å². The average Bonchev–Trinajstić information content (AvgIpc) is 2.46. The Labute approximate surface area is 120 Å². The normalized spacial score (nSPS) is 10.2. The van der Waals surface area contributed by atoms with Crippen LogP contribution in [0, 0.1) is 6.92 Å². The summed E-state index contributed by atoms with van der Waals surface area (Å²) in [6.45, 7) is 5.46. The molecular formula is C17H21NO2. The Morgan fingerprint density at radius 1 is 1.10 bits per heavy atom. The van der Waals surface area contributed by atoms with Crippen molar-refractivity contribution in [2.24, 2.45) is 0 Å². The van der Waals surface area contributed by atoms with E-state index in [1.54, 1.807) is 7.11 Å². The number of benzene rings is 2. The van der Waals surface area contributed by atoms with E-state index in [4.69, 9.17) is 9.47 Å². The molecule has 0 radical (unpaired) electrons. The van der Waals surface area contributed by atoms with Crippen molar-refractivity contribution >= 4 is 5.69 Å². The molecule has 0 fully saturated rings. The molecule has 0 aliphatic heterocycles. The molecule has 0 aromatic heterocycles. The van der Waals surface area contributed by atoms with Crippen LogP contribution in [0.15, 0.2) is 42.5 Å². The first-order chi connectivity index (χ1) is 9.72. The minimum atomic E-state index is 0.683. The lowest BCUT2D eigenvalue weighted by Crippen LogP contribution is -2.02. The molecule has 2 aromatic rings. The Bertz CT molecular complexity index is 567. The van der Waals surface area contributed by atoms with Gasteiger partial charge in [-0.1, -0.05) is 18.2 Å². The third-order valence-corrected chi connectivity index (χ3v) is 3.05. The minimum Gasteiger partial charge on any atom is -0.495 e. The van der Waals surface area contributed by atoms with E-state index in [1.807, 2.05) is 31.2 Å². The maximum Gasteiger partial charge on any atom is 0.142 e. The SMILES string of the molecule is CCOc1cccc(CNc2ccc(C)cc2OC)c1. The lowest BCUT2D eigenvalue weighted by molar-refractivity contribution is 0.340. The van der Waals surface area contributed by atoms with Crippen LogP contribution in [-0.2, 0) is 6.54 Å². The van der Waals surface area contributed by atoms with E-state index in [9.17, 15) is 0 Å². The van der Waals surface area contributed by atoms with Gasteiger partial charge >= 0.3 is 0 Å². The summed E-state index contributed by atoms with van der Waals surface area (Å²) in [4.78, 5) is 0. The lowest BCUT2D eigenvalue weighted by atomic mass is 10.2. The van der Waals surface area contributed by atoms with Gasteiger partial charge in [0.1, 0.15) is 11.5 Å². The van der Waals surface area contributed by atoms with Crippen molar-refractivity contribution in [1.82, 2.24) is 0 Å². The molecular weight excluding hydrogens is 250 g/mol. The Kier molecular flexibility index (Phi) is 4.88. The van der Waals surface area contributed by atoms with Gasteiger partial charge in [-0.05, 0) is 49.2 Å². The monoisotopic (exact) mass is 271 g/mol. The zero-order valence-electron chi connectivity index (χ0n) is 12.3. The summed E-state index contributed by atoms with van der Waals surface area (Å²) in [5.74, 6) is 1.77. The third-order valence-electron chi connectivity index (χ3n) is 3.05. The first-order valence-electron chi connectivity index (χ1n) is 6.83. The van der Waals surface area contributed by atoms with E-state index in [2.05, 4.69) is 30.4 Å². The number of anilines is 1. The number of methoxy groups -OCH3 is 1. The largest absolute Gasteiger partial charge is 0.495 e. The molecule has 0 saturated carbocycles. The number of hydrogen-bond acceptors (Lipinski definition) is 3. The summed E-state index contributed by atoms with van der Waals surface area (Å²) in [5, 5.41) is 3.40. The summed E-state index contributed by atoms with van der Waals surface area (Å²) >= 11 is 0. The highest BCUT2D eigenvalue weighted by molar-refractivity contribution is 5.57. The van der Waals surface area contributed by atoms with Crippen LogP contribution < -0.4 is 14.8 Å². The second kappa shape index (κ2) is 6.85. The molecule has 0 heterocycles. The van der Waals surface area contributed by atoms with Crippen molar-refractivity contribution in [1.29, 1.82) is 0 Å². The van der Waals surface area contributed by atoms with Crippen molar-refractivity contribution in [2.45, 2.75) is 20.4 Å². The summed E-state index contributed by atoms with van der Waals surface area (Å²) in [7, 11) is 1.69. The predicted octanol–water partition coefficient (Wildman–Crippen LogP) is 4.01. The second-order valence-electron chi connectivity index (χ2n) is 4.64. The second-order valence-corrected chi connectivity index (χ2v) is 4.64. The topological polar surface area (TPSA) is 30.5 Å². The maximum atomic E-state index is 5.51. The number of hydrogen-bond donors (Lipinski definition) is 1. The van der Waals surface area contributed by atoms with Crippen LogP contribution in [0.4, 0.5) is 5.69 Å². The van der Waals surface area contributed by atoms with E-state index in [0.717, 1.165) is 23.7 Å². The van der Waals surface area contributed by atoms with Gasteiger partial charge in [0, 0.05) is 6.54 Å². The number of rotatable bonds is 6. The van der Waals surface area contributed by atoms with Crippen LogP contribution in [-0.4, -0.2) is 13.7 Å². The molecule has 2 aromatic carbocycles. The van der Waals surface area contributed by atoms with Crippen LogP contribution in [0.25, 0.3) is 0 Å². The zero-order valence-corrected chi connectivity index (χ0v) is 12.3. The predicted molar refractivity (Wildman–Crippen MR) is 82.7 cm³/mol. The molecule has 0 atom stereocenters. The van der Waals surface area contributed by atoms with Crippen molar-refractivity contribution in [3.05, 3.63) is 53.6 Å². The standard InChI is InChI=1S/C17H21NO2/c1-4-20-15-7-5-6-14(11-15)12-18-16-9-8-13(2)10-17(16)19-3/h5-11,18H,4,12H2,1-3H3. The molecule has 3 heteroatoms. The van der Waals surface area contributed by atoms with Crippen LogP contribution in [0.3, 0.4) is 0 Å². The van der Waals surface area contributed by atoms with Crippen LogP contribution in [0.5, 0.6) is 11.5 Å². The van der Waals surface area contributed by atoms with E-state index in [-0.39, 0.29) is 0 Å². The molecule has 106 valence electrons. The maximum absolute atomic E-state index is 5.51. The number of ether oxygens (including phenoxy) is 2. The number of nitrogens with one attached hydrogen (secondary N) is 1. The van der Waals surface area contributed by atoms with Crippen molar-refractivity contribution < 1.29 is 9.47 Å². The van der Waals surface area contributed by atoms with E-state index >= 15 is 0 Å². The summed E-state index contributed by atoms with van der Waals surface area (Å²) < 4.78 is 10.9. The van der Waals surface area contributed by atoms with Gasteiger partial charge in [0.25, 0.3) is 0 Å². The molecule has 0 saturated heterocycles. The zero-order chi connectivity index (χ0) is 14.4. The third kappa shape index (κ3) is 3.67.